The number of halogens is 1. The van der Waals surface area contributed by atoms with Gasteiger partial charge in [0, 0.05) is 10.5 Å². The van der Waals surface area contributed by atoms with E-state index in [1.807, 2.05) is 0 Å². The molecule has 0 amide bonds. The van der Waals surface area contributed by atoms with Crippen LogP contribution in [0.1, 0.15) is 24.5 Å². The number of rotatable bonds is 7. The van der Waals surface area contributed by atoms with Crippen LogP contribution < -0.4 is 5.32 Å². The lowest BCUT2D eigenvalue weighted by molar-refractivity contribution is 0.491. The summed E-state index contributed by atoms with van der Waals surface area (Å²) >= 11 is 5.27. The van der Waals surface area contributed by atoms with Crippen LogP contribution in [0.25, 0.3) is 0 Å². The summed E-state index contributed by atoms with van der Waals surface area (Å²) in [5.74, 6) is 0. The van der Waals surface area contributed by atoms with E-state index in [2.05, 4.69) is 69.3 Å². The van der Waals surface area contributed by atoms with E-state index in [1.54, 1.807) is 11.3 Å². The Labute approximate surface area is 128 Å². The second kappa shape index (κ2) is 7.83. The lowest BCUT2D eigenvalue weighted by Crippen LogP contribution is -2.31. The molecular weight excluding hydrogens is 318 g/mol. The van der Waals surface area contributed by atoms with Crippen molar-refractivity contribution in [2.75, 3.05) is 6.54 Å². The Balaban J connectivity index is 1.89. The quantitative estimate of drug-likeness (QED) is 0.774. The molecule has 0 spiro atoms. The first kappa shape index (κ1) is 14.8. The van der Waals surface area contributed by atoms with Crippen molar-refractivity contribution in [3.05, 3.63) is 56.7 Å². The molecular formula is C16H20BrNS. The van der Waals surface area contributed by atoms with E-state index < -0.39 is 0 Å². The molecule has 0 saturated carbocycles. The fourth-order valence-corrected chi connectivity index (χ4v) is 3.21. The lowest BCUT2D eigenvalue weighted by Gasteiger charge is -2.17. The first-order chi connectivity index (χ1) is 9.28. The molecule has 102 valence electrons. The monoisotopic (exact) mass is 337 g/mol. The van der Waals surface area contributed by atoms with Crippen molar-refractivity contribution < 1.29 is 0 Å². The maximum absolute atomic E-state index is 3.60. The molecule has 1 N–H and O–H groups in total. The van der Waals surface area contributed by atoms with Crippen LogP contribution in [-0.2, 0) is 12.8 Å². The smallest absolute Gasteiger partial charge is 0.0175 e. The number of aryl methyl sites for hydroxylation is 1. The third-order valence-corrected chi connectivity index (χ3v) is 4.51. The van der Waals surface area contributed by atoms with Crippen molar-refractivity contribution in [1.29, 1.82) is 0 Å². The van der Waals surface area contributed by atoms with Gasteiger partial charge in [0.15, 0.2) is 0 Å². The van der Waals surface area contributed by atoms with Gasteiger partial charge in [0.05, 0.1) is 0 Å². The van der Waals surface area contributed by atoms with E-state index in [0.29, 0.717) is 6.04 Å². The SMILES string of the molecule is CCNC(CCc1ccsc1)Cc1ccc(Br)cc1. The highest BCUT2D eigenvalue weighted by molar-refractivity contribution is 9.10. The topological polar surface area (TPSA) is 12.0 Å². The predicted molar refractivity (Wildman–Crippen MR) is 88.0 cm³/mol. The van der Waals surface area contributed by atoms with Crippen LogP contribution >= 0.6 is 27.3 Å². The zero-order valence-corrected chi connectivity index (χ0v) is 13.6. The molecule has 0 aliphatic rings. The van der Waals surface area contributed by atoms with Crippen LogP contribution in [0.4, 0.5) is 0 Å². The van der Waals surface area contributed by atoms with Gasteiger partial charge in [0.2, 0.25) is 0 Å². The van der Waals surface area contributed by atoms with Crippen LogP contribution in [0.3, 0.4) is 0 Å². The van der Waals surface area contributed by atoms with Gasteiger partial charge in [-0.05, 0) is 65.9 Å². The van der Waals surface area contributed by atoms with Crippen LogP contribution in [0.15, 0.2) is 45.6 Å². The Bertz CT molecular complexity index is 464. The van der Waals surface area contributed by atoms with Crippen molar-refractivity contribution >= 4 is 27.3 Å². The number of likely N-dealkylation sites (N-methyl/N-ethyl adjacent to an activating group) is 1. The van der Waals surface area contributed by atoms with Crippen LogP contribution in [0.5, 0.6) is 0 Å². The first-order valence-electron chi connectivity index (χ1n) is 6.77. The van der Waals surface area contributed by atoms with E-state index in [9.17, 15) is 0 Å². The van der Waals surface area contributed by atoms with E-state index in [1.165, 1.54) is 17.5 Å². The molecule has 0 saturated heterocycles. The predicted octanol–water partition coefficient (Wildman–Crippen LogP) is 4.66. The highest BCUT2D eigenvalue weighted by atomic mass is 79.9. The normalized spacial score (nSPS) is 12.5. The molecule has 1 aromatic heterocycles. The highest BCUT2D eigenvalue weighted by Crippen LogP contribution is 2.15. The second-order valence-corrected chi connectivity index (χ2v) is 6.45. The maximum Gasteiger partial charge on any atom is 0.0175 e. The van der Waals surface area contributed by atoms with E-state index in [4.69, 9.17) is 0 Å². The third kappa shape index (κ3) is 5.09. The minimum atomic E-state index is 0.561. The van der Waals surface area contributed by atoms with Gasteiger partial charge in [-0.25, -0.2) is 0 Å². The molecule has 0 radical (unpaired) electrons. The van der Waals surface area contributed by atoms with Gasteiger partial charge in [-0.15, -0.1) is 0 Å². The number of nitrogens with one attached hydrogen (secondary N) is 1. The van der Waals surface area contributed by atoms with Gasteiger partial charge in [0.25, 0.3) is 0 Å². The molecule has 19 heavy (non-hydrogen) atoms. The fraction of sp³-hybridized carbons (Fsp3) is 0.375. The zero-order valence-electron chi connectivity index (χ0n) is 11.2. The Kier molecular flexibility index (Phi) is 6.08. The summed E-state index contributed by atoms with van der Waals surface area (Å²) in [7, 11) is 0. The van der Waals surface area contributed by atoms with Gasteiger partial charge in [0.1, 0.15) is 0 Å². The van der Waals surface area contributed by atoms with Crippen LogP contribution in [0.2, 0.25) is 0 Å². The minimum absolute atomic E-state index is 0.561. The Morgan fingerprint density at radius 3 is 2.58 bits per heavy atom. The maximum atomic E-state index is 3.60. The molecule has 3 heteroatoms. The molecule has 0 bridgehead atoms. The molecule has 2 aromatic rings. The van der Waals surface area contributed by atoms with E-state index in [0.717, 1.165) is 23.9 Å². The highest BCUT2D eigenvalue weighted by Gasteiger charge is 2.09. The summed E-state index contributed by atoms with van der Waals surface area (Å²) in [6.07, 6.45) is 3.46. The molecule has 2 rings (SSSR count). The third-order valence-electron chi connectivity index (χ3n) is 3.25. The van der Waals surface area contributed by atoms with Crippen molar-refractivity contribution in [1.82, 2.24) is 5.32 Å². The summed E-state index contributed by atoms with van der Waals surface area (Å²) in [5.41, 5.74) is 2.86. The van der Waals surface area contributed by atoms with Crippen molar-refractivity contribution in [2.45, 2.75) is 32.2 Å². The Morgan fingerprint density at radius 1 is 1.16 bits per heavy atom. The van der Waals surface area contributed by atoms with Gasteiger partial charge >= 0.3 is 0 Å². The molecule has 1 nitrogen and oxygen atoms in total. The number of hydrogen-bond acceptors (Lipinski definition) is 2. The second-order valence-electron chi connectivity index (χ2n) is 4.76. The van der Waals surface area contributed by atoms with Crippen molar-refractivity contribution in [3.8, 4) is 0 Å². The van der Waals surface area contributed by atoms with E-state index >= 15 is 0 Å². The molecule has 1 unspecified atom stereocenters. The summed E-state index contributed by atoms with van der Waals surface area (Å²) in [5, 5.41) is 8.01. The number of hydrogen-bond donors (Lipinski definition) is 1. The van der Waals surface area contributed by atoms with Crippen LogP contribution in [0, 0.1) is 0 Å². The average Bonchev–Trinajstić information content (AvgIpc) is 2.92. The molecule has 1 aromatic carbocycles. The van der Waals surface area contributed by atoms with Gasteiger partial charge in [-0.2, -0.15) is 11.3 Å². The average molecular weight is 338 g/mol. The summed E-state index contributed by atoms with van der Waals surface area (Å²) in [6.45, 7) is 3.21. The first-order valence-corrected chi connectivity index (χ1v) is 8.50. The van der Waals surface area contributed by atoms with Crippen molar-refractivity contribution in [2.24, 2.45) is 0 Å². The van der Waals surface area contributed by atoms with Crippen molar-refractivity contribution in [3.63, 3.8) is 0 Å². The van der Waals surface area contributed by atoms with Crippen LogP contribution in [-0.4, -0.2) is 12.6 Å². The summed E-state index contributed by atoms with van der Waals surface area (Å²) in [4.78, 5) is 0. The summed E-state index contributed by atoms with van der Waals surface area (Å²) in [6, 6.07) is 11.4. The molecule has 0 fully saturated rings. The molecule has 1 heterocycles. The van der Waals surface area contributed by atoms with Gasteiger partial charge in [-0.1, -0.05) is 35.0 Å². The number of benzene rings is 1. The van der Waals surface area contributed by atoms with E-state index in [-0.39, 0.29) is 0 Å². The lowest BCUT2D eigenvalue weighted by atomic mass is 10.00. The largest absolute Gasteiger partial charge is 0.314 e. The standard InChI is InChI=1S/C16H20BrNS/c1-2-18-16(8-5-14-9-10-19-12-14)11-13-3-6-15(17)7-4-13/h3-4,6-7,9-10,12,16,18H,2,5,8,11H2,1H3. The zero-order chi connectivity index (χ0) is 13.5. The minimum Gasteiger partial charge on any atom is -0.314 e. The van der Waals surface area contributed by atoms with Gasteiger partial charge < -0.3 is 5.32 Å². The Hall–Kier alpha value is -0.640. The molecule has 0 aliphatic heterocycles. The van der Waals surface area contributed by atoms with Gasteiger partial charge in [-0.3, -0.25) is 0 Å². The number of thiophene rings is 1. The summed E-state index contributed by atoms with van der Waals surface area (Å²) < 4.78 is 1.15. The fourth-order valence-electron chi connectivity index (χ4n) is 2.25. The molecule has 1 atom stereocenters. The molecule has 0 aliphatic carbocycles. The Morgan fingerprint density at radius 2 is 1.95 bits per heavy atom.